The molecule has 0 atom stereocenters. The fourth-order valence-electron chi connectivity index (χ4n) is 1.56. The number of nitrogens with one attached hydrogen (secondary N) is 1. The molecule has 2 rings (SSSR count). The number of hydrogen-bond donors (Lipinski definition) is 2. The maximum absolute atomic E-state index is 11.7. The Morgan fingerprint density at radius 2 is 2.22 bits per heavy atom. The number of rotatable bonds is 5. The molecule has 0 bridgehead atoms. The van der Waals surface area contributed by atoms with Crippen LogP contribution >= 0.6 is 0 Å². The second kappa shape index (κ2) is 5.92. The summed E-state index contributed by atoms with van der Waals surface area (Å²) in [5, 5.41) is 15.8. The Bertz CT molecular complexity index is 511. The van der Waals surface area contributed by atoms with E-state index < -0.39 is 0 Å². The van der Waals surface area contributed by atoms with Crippen molar-refractivity contribution in [2.24, 2.45) is 0 Å². The number of hydrogen-bond acceptors (Lipinski definition) is 4. The van der Waals surface area contributed by atoms with E-state index in [0.29, 0.717) is 24.2 Å². The molecule has 0 spiro atoms. The minimum atomic E-state index is -0.119. The average molecular weight is 246 g/mol. The molecule has 1 amide bonds. The van der Waals surface area contributed by atoms with Crippen molar-refractivity contribution in [1.29, 1.82) is 0 Å². The van der Waals surface area contributed by atoms with Gasteiger partial charge in [0.1, 0.15) is 12.7 Å². The van der Waals surface area contributed by atoms with Crippen molar-refractivity contribution in [3.05, 3.63) is 42.5 Å². The molecule has 0 aliphatic carbocycles. The van der Waals surface area contributed by atoms with Gasteiger partial charge in [-0.1, -0.05) is 18.2 Å². The van der Waals surface area contributed by atoms with Crippen LogP contribution in [0.15, 0.2) is 36.9 Å². The van der Waals surface area contributed by atoms with Gasteiger partial charge in [0, 0.05) is 17.7 Å². The van der Waals surface area contributed by atoms with E-state index in [1.807, 2.05) is 12.1 Å². The molecule has 1 heterocycles. The van der Waals surface area contributed by atoms with E-state index >= 15 is 0 Å². The lowest BCUT2D eigenvalue weighted by Crippen LogP contribution is -2.15. The highest BCUT2D eigenvalue weighted by Gasteiger charge is 2.06. The summed E-state index contributed by atoms with van der Waals surface area (Å²) in [4.78, 5) is 15.5. The fourth-order valence-corrected chi connectivity index (χ4v) is 1.56. The van der Waals surface area contributed by atoms with E-state index in [2.05, 4.69) is 15.4 Å². The zero-order valence-electron chi connectivity index (χ0n) is 9.78. The Labute approximate surface area is 104 Å². The third-order valence-corrected chi connectivity index (χ3v) is 2.50. The number of anilines is 1. The first kappa shape index (κ1) is 12.3. The molecule has 6 nitrogen and oxygen atoms in total. The van der Waals surface area contributed by atoms with Gasteiger partial charge in [-0.3, -0.25) is 9.48 Å². The van der Waals surface area contributed by atoms with Gasteiger partial charge in [0.2, 0.25) is 5.91 Å². The SMILES string of the molecule is O=C(CCn1cncn1)Nc1ccccc1CO. The average Bonchev–Trinajstić information content (AvgIpc) is 2.90. The summed E-state index contributed by atoms with van der Waals surface area (Å²) in [7, 11) is 0. The molecule has 94 valence electrons. The predicted octanol–water partition coefficient (Wildman–Crippen LogP) is 0.799. The molecule has 0 radical (unpaired) electrons. The Balaban J connectivity index is 1.90. The van der Waals surface area contributed by atoms with E-state index in [-0.39, 0.29) is 12.5 Å². The van der Waals surface area contributed by atoms with E-state index in [4.69, 9.17) is 5.11 Å². The number of amides is 1. The van der Waals surface area contributed by atoms with Crippen LogP contribution in [-0.4, -0.2) is 25.8 Å². The van der Waals surface area contributed by atoms with Crippen LogP contribution < -0.4 is 5.32 Å². The first-order chi connectivity index (χ1) is 8.79. The van der Waals surface area contributed by atoms with Gasteiger partial charge >= 0.3 is 0 Å². The fraction of sp³-hybridized carbons (Fsp3) is 0.250. The number of carbonyl (C=O) groups excluding carboxylic acids is 1. The molecule has 2 N–H and O–H groups in total. The van der Waals surface area contributed by atoms with Crippen molar-refractivity contribution in [1.82, 2.24) is 14.8 Å². The highest BCUT2D eigenvalue weighted by atomic mass is 16.3. The zero-order chi connectivity index (χ0) is 12.8. The van der Waals surface area contributed by atoms with Crippen LogP contribution in [0.5, 0.6) is 0 Å². The highest BCUT2D eigenvalue weighted by molar-refractivity contribution is 5.91. The quantitative estimate of drug-likeness (QED) is 0.817. The van der Waals surface area contributed by atoms with Crippen LogP contribution in [0.4, 0.5) is 5.69 Å². The number of para-hydroxylation sites is 1. The van der Waals surface area contributed by atoms with Crippen molar-refractivity contribution < 1.29 is 9.90 Å². The zero-order valence-corrected chi connectivity index (χ0v) is 9.78. The van der Waals surface area contributed by atoms with Crippen molar-refractivity contribution in [2.75, 3.05) is 5.32 Å². The molecule has 1 aromatic carbocycles. The number of aryl methyl sites for hydroxylation is 1. The van der Waals surface area contributed by atoms with Gasteiger partial charge in [0.05, 0.1) is 13.2 Å². The molecular weight excluding hydrogens is 232 g/mol. The first-order valence-corrected chi connectivity index (χ1v) is 5.60. The number of carbonyl (C=O) groups is 1. The monoisotopic (exact) mass is 246 g/mol. The normalized spacial score (nSPS) is 10.3. The van der Waals surface area contributed by atoms with Gasteiger partial charge in [-0.2, -0.15) is 5.10 Å². The topological polar surface area (TPSA) is 80.0 Å². The number of aliphatic hydroxyl groups excluding tert-OH is 1. The van der Waals surface area contributed by atoms with Crippen LogP contribution in [0.1, 0.15) is 12.0 Å². The summed E-state index contributed by atoms with van der Waals surface area (Å²) in [5.41, 5.74) is 1.34. The van der Waals surface area contributed by atoms with Gasteiger partial charge in [0.25, 0.3) is 0 Å². The van der Waals surface area contributed by atoms with Gasteiger partial charge in [-0.25, -0.2) is 4.98 Å². The van der Waals surface area contributed by atoms with Crippen LogP contribution in [-0.2, 0) is 17.9 Å². The summed E-state index contributed by atoms with van der Waals surface area (Å²) >= 11 is 0. The third-order valence-electron chi connectivity index (χ3n) is 2.50. The Morgan fingerprint density at radius 3 is 2.94 bits per heavy atom. The second-order valence-corrected chi connectivity index (χ2v) is 3.77. The molecular formula is C12H14N4O2. The van der Waals surface area contributed by atoms with Gasteiger partial charge < -0.3 is 10.4 Å². The summed E-state index contributed by atoms with van der Waals surface area (Å²) in [6.45, 7) is 0.382. The molecule has 6 heteroatoms. The molecule has 0 saturated carbocycles. The van der Waals surface area contributed by atoms with Crippen LogP contribution in [0, 0.1) is 0 Å². The maximum atomic E-state index is 11.7. The number of nitrogens with zero attached hydrogens (tertiary/aromatic N) is 3. The molecule has 2 aromatic rings. The van der Waals surface area contributed by atoms with Crippen molar-refractivity contribution in [3.63, 3.8) is 0 Å². The number of benzene rings is 1. The predicted molar refractivity (Wildman–Crippen MR) is 65.6 cm³/mol. The van der Waals surface area contributed by atoms with Crippen molar-refractivity contribution >= 4 is 11.6 Å². The molecule has 0 aliphatic heterocycles. The van der Waals surface area contributed by atoms with E-state index in [0.717, 1.165) is 0 Å². The van der Waals surface area contributed by atoms with Crippen LogP contribution in [0.2, 0.25) is 0 Å². The van der Waals surface area contributed by atoms with E-state index in [1.165, 1.54) is 6.33 Å². The summed E-state index contributed by atoms with van der Waals surface area (Å²) in [5.74, 6) is -0.119. The van der Waals surface area contributed by atoms with Crippen LogP contribution in [0.25, 0.3) is 0 Å². The van der Waals surface area contributed by atoms with Gasteiger partial charge in [-0.15, -0.1) is 0 Å². The van der Waals surface area contributed by atoms with Crippen molar-refractivity contribution in [3.8, 4) is 0 Å². The van der Waals surface area contributed by atoms with Crippen molar-refractivity contribution in [2.45, 2.75) is 19.6 Å². The Hall–Kier alpha value is -2.21. The minimum Gasteiger partial charge on any atom is -0.392 e. The highest BCUT2D eigenvalue weighted by Crippen LogP contribution is 2.14. The largest absolute Gasteiger partial charge is 0.392 e. The summed E-state index contributed by atoms with van der Waals surface area (Å²) in [6, 6.07) is 7.16. The molecule has 1 aromatic heterocycles. The molecule has 0 saturated heterocycles. The standard InChI is InChI=1S/C12H14N4O2/c17-7-10-3-1-2-4-11(10)15-12(18)5-6-16-9-13-8-14-16/h1-4,8-9,17H,5-7H2,(H,15,18). The van der Waals surface area contributed by atoms with E-state index in [1.54, 1.807) is 23.1 Å². The van der Waals surface area contributed by atoms with Gasteiger partial charge in [-0.05, 0) is 6.07 Å². The maximum Gasteiger partial charge on any atom is 0.226 e. The summed E-state index contributed by atoms with van der Waals surface area (Å²) in [6.07, 6.45) is 3.30. The lowest BCUT2D eigenvalue weighted by molar-refractivity contribution is -0.116. The van der Waals surface area contributed by atoms with E-state index in [9.17, 15) is 4.79 Å². The third kappa shape index (κ3) is 3.14. The number of aliphatic hydroxyl groups is 1. The second-order valence-electron chi connectivity index (χ2n) is 3.77. The van der Waals surface area contributed by atoms with Gasteiger partial charge in [0.15, 0.2) is 0 Å². The smallest absolute Gasteiger partial charge is 0.226 e. The molecule has 18 heavy (non-hydrogen) atoms. The lowest BCUT2D eigenvalue weighted by atomic mass is 10.2. The molecule has 0 unspecified atom stereocenters. The molecule has 0 fully saturated rings. The lowest BCUT2D eigenvalue weighted by Gasteiger charge is -2.09. The summed E-state index contributed by atoms with van der Waals surface area (Å²) < 4.78 is 1.59. The number of aromatic nitrogens is 3. The minimum absolute atomic E-state index is 0.0977. The molecule has 0 aliphatic rings. The van der Waals surface area contributed by atoms with Crippen LogP contribution in [0.3, 0.4) is 0 Å². The Kier molecular flexibility index (Phi) is 4.03. The first-order valence-electron chi connectivity index (χ1n) is 5.60. The Morgan fingerprint density at radius 1 is 1.39 bits per heavy atom.